The predicted molar refractivity (Wildman–Crippen MR) is 44.0 cm³/mol. The van der Waals surface area contributed by atoms with E-state index < -0.39 is 27.0 Å². The standard InChI is InChI=1S/C7H5F2NO4S/c8-7(9)13-4-2-1-3-5(6(4)14-7)15(10,11)12/h1-3H,(H2,10,11,12). The number of primary sulfonamides is 1. The summed E-state index contributed by atoms with van der Waals surface area (Å²) in [5.41, 5.74) is 0. The van der Waals surface area contributed by atoms with Crippen LogP contribution in [0.4, 0.5) is 8.78 Å². The van der Waals surface area contributed by atoms with Crippen LogP contribution in [-0.4, -0.2) is 14.7 Å². The number of sulfonamides is 1. The molecule has 0 unspecified atom stereocenters. The molecule has 0 spiro atoms. The number of alkyl halides is 2. The molecule has 2 rings (SSSR count). The lowest BCUT2D eigenvalue weighted by Crippen LogP contribution is -2.26. The number of ether oxygens (including phenoxy) is 2. The Morgan fingerprint density at radius 3 is 2.53 bits per heavy atom. The minimum Gasteiger partial charge on any atom is -0.395 e. The molecule has 1 aromatic carbocycles. The number of rotatable bonds is 1. The largest absolute Gasteiger partial charge is 0.586 e. The number of para-hydroxylation sites is 1. The zero-order valence-electron chi connectivity index (χ0n) is 7.11. The molecule has 1 aliphatic heterocycles. The Morgan fingerprint density at radius 1 is 1.27 bits per heavy atom. The van der Waals surface area contributed by atoms with Gasteiger partial charge in [0.15, 0.2) is 11.5 Å². The van der Waals surface area contributed by atoms with Gasteiger partial charge in [0.05, 0.1) is 0 Å². The molecule has 1 heterocycles. The quantitative estimate of drug-likeness (QED) is 0.778. The minimum absolute atomic E-state index is 0.355. The maximum absolute atomic E-state index is 12.6. The Bertz CT molecular complexity index is 514. The van der Waals surface area contributed by atoms with Crippen LogP contribution in [0.15, 0.2) is 23.1 Å². The van der Waals surface area contributed by atoms with Crippen molar-refractivity contribution >= 4 is 10.0 Å². The molecule has 8 heteroatoms. The Labute approximate surface area is 83.4 Å². The van der Waals surface area contributed by atoms with Gasteiger partial charge in [0, 0.05) is 0 Å². The van der Waals surface area contributed by atoms with E-state index in [9.17, 15) is 17.2 Å². The summed E-state index contributed by atoms with van der Waals surface area (Å²) in [6.07, 6.45) is -3.86. The Balaban J connectivity index is 2.61. The highest BCUT2D eigenvalue weighted by Gasteiger charge is 2.45. The topological polar surface area (TPSA) is 78.6 Å². The summed E-state index contributed by atoms with van der Waals surface area (Å²) >= 11 is 0. The molecule has 0 fully saturated rings. The minimum atomic E-state index is -4.12. The highest BCUT2D eigenvalue weighted by atomic mass is 32.2. The average Bonchev–Trinajstić information content (AvgIpc) is 2.35. The molecule has 0 bridgehead atoms. The van der Waals surface area contributed by atoms with E-state index in [1.54, 1.807) is 0 Å². The van der Waals surface area contributed by atoms with Crippen molar-refractivity contribution < 1.29 is 26.7 Å². The van der Waals surface area contributed by atoms with E-state index in [0.717, 1.165) is 12.1 Å². The number of hydrogen-bond acceptors (Lipinski definition) is 4. The molecule has 2 N–H and O–H groups in total. The average molecular weight is 237 g/mol. The van der Waals surface area contributed by atoms with E-state index in [-0.39, 0.29) is 5.75 Å². The molecule has 0 amide bonds. The maximum Gasteiger partial charge on any atom is 0.586 e. The molecule has 1 aromatic rings. The number of halogens is 2. The van der Waals surface area contributed by atoms with E-state index in [1.165, 1.54) is 6.07 Å². The second-order valence-corrected chi connectivity index (χ2v) is 4.33. The van der Waals surface area contributed by atoms with Crippen LogP contribution >= 0.6 is 0 Å². The zero-order chi connectivity index (χ0) is 11.3. The normalized spacial score (nSPS) is 17.8. The smallest absolute Gasteiger partial charge is 0.395 e. The van der Waals surface area contributed by atoms with Gasteiger partial charge in [0.25, 0.3) is 0 Å². The van der Waals surface area contributed by atoms with E-state index in [4.69, 9.17) is 5.14 Å². The van der Waals surface area contributed by atoms with Crippen LogP contribution in [0.5, 0.6) is 11.5 Å². The van der Waals surface area contributed by atoms with E-state index in [2.05, 4.69) is 9.47 Å². The molecule has 5 nitrogen and oxygen atoms in total. The summed E-state index contributed by atoms with van der Waals surface area (Å²) in [4.78, 5) is -0.530. The summed E-state index contributed by atoms with van der Waals surface area (Å²) in [5, 5.41) is 4.81. The van der Waals surface area contributed by atoms with E-state index in [0.29, 0.717) is 0 Å². The van der Waals surface area contributed by atoms with Crippen LogP contribution < -0.4 is 14.6 Å². The Hall–Kier alpha value is -1.41. The SMILES string of the molecule is NS(=O)(=O)c1cccc2c1OC(F)(F)O2. The van der Waals surface area contributed by atoms with Gasteiger partial charge in [-0.2, -0.15) is 0 Å². The predicted octanol–water partition coefficient (Wildman–Crippen LogP) is 0.656. The van der Waals surface area contributed by atoms with Crippen LogP contribution in [0, 0.1) is 0 Å². The van der Waals surface area contributed by atoms with Crippen molar-refractivity contribution in [3.63, 3.8) is 0 Å². The van der Waals surface area contributed by atoms with Crippen molar-refractivity contribution in [2.24, 2.45) is 5.14 Å². The number of fused-ring (bicyclic) bond motifs is 1. The van der Waals surface area contributed by atoms with Crippen LogP contribution in [0.2, 0.25) is 0 Å². The fraction of sp³-hybridized carbons (Fsp3) is 0.143. The van der Waals surface area contributed by atoms with Gasteiger partial charge in [0.2, 0.25) is 10.0 Å². The van der Waals surface area contributed by atoms with Gasteiger partial charge < -0.3 is 9.47 Å². The lowest BCUT2D eigenvalue weighted by Gasteiger charge is -2.05. The van der Waals surface area contributed by atoms with Gasteiger partial charge in [0.1, 0.15) is 4.90 Å². The Morgan fingerprint density at radius 2 is 1.93 bits per heavy atom. The van der Waals surface area contributed by atoms with Crippen molar-refractivity contribution in [1.82, 2.24) is 0 Å². The van der Waals surface area contributed by atoms with Gasteiger partial charge in [-0.1, -0.05) is 6.07 Å². The van der Waals surface area contributed by atoms with E-state index >= 15 is 0 Å². The molecule has 15 heavy (non-hydrogen) atoms. The van der Waals surface area contributed by atoms with Gasteiger partial charge in [-0.05, 0) is 12.1 Å². The number of hydrogen-bond donors (Lipinski definition) is 1. The fourth-order valence-corrected chi connectivity index (χ4v) is 1.84. The molecular formula is C7H5F2NO4S. The Kier molecular flexibility index (Phi) is 1.89. The molecule has 0 atom stereocenters. The third kappa shape index (κ3) is 1.73. The lowest BCUT2D eigenvalue weighted by atomic mass is 10.3. The van der Waals surface area contributed by atoms with Gasteiger partial charge in [-0.3, -0.25) is 0 Å². The summed E-state index contributed by atoms with van der Waals surface area (Å²) in [6, 6.07) is 3.44. The van der Waals surface area contributed by atoms with Crippen LogP contribution in [0.25, 0.3) is 0 Å². The van der Waals surface area contributed by atoms with Crippen LogP contribution in [-0.2, 0) is 10.0 Å². The fourth-order valence-electron chi connectivity index (χ4n) is 1.17. The monoisotopic (exact) mass is 237 g/mol. The van der Waals surface area contributed by atoms with Crippen LogP contribution in [0.3, 0.4) is 0 Å². The molecular weight excluding hydrogens is 232 g/mol. The maximum atomic E-state index is 12.6. The summed E-state index contributed by atoms with van der Waals surface area (Å²) in [7, 11) is -4.12. The summed E-state index contributed by atoms with van der Waals surface area (Å²) in [5.74, 6) is -0.920. The lowest BCUT2D eigenvalue weighted by molar-refractivity contribution is -0.287. The van der Waals surface area contributed by atoms with Crippen LogP contribution in [0.1, 0.15) is 0 Å². The van der Waals surface area contributed by atoms with Crippen molar-refractivity contribution in [3.05, 3.63) is 18.2 Å². The zero-order valence-corrected chi connectivity index (χ0v) is 7.92. The highest BCUT2D eigenvalue weighted by molar-refractivity contribution is 7.89. The van der Waals surface area contributed by atoms with Crippen molar-refractivity contribution in [3.8, 4) is 11.5 Å². The number of benzene rings is 1. The molecule has 1 aliphatic rings. The van der Waals surface area contributed by atoms with Gasteiger partial charge in [-0.15, -0.1) is 8.78 Å². The third-order valence-electron chi connectivity index (χ3n) is 1.70. The van der Waals surface area contributed by atoms with E-state index in [1.807, 2.05) is 0 Å². The molecule has 0 saturated carbocycles. The second-order valence-electron chi connectivity index (χ2n) is 2.80. The highest BCUT2D eigenvalue weighted by Crippen LogP contribution is 2.44. The summed E-state index contributed by atoms with van der Waals surface area (Å²) in [6.45, 7) is 0. The molecule has 0 aliphatic carbocycles. The second kappa shape index (κ2) is 2.80. The molecule has 0 radical (unpaired) electrons. The van der Waals surface area contributed by atoms with Crippen molar-refractivity contribution in [1.29, 1.82) is 0 Å². The van der Waals surface area contributed by atoms with Crippen molar-refractivity contribution in [2.75, 3.05) is 0 Å². The van der Waals surface area contributed by atoms with Gasteiger partial charge >= 0.3 is 6.29 Å². The molecule has 0 saturated heterocycles. The van der Waals surface area contributed by atoms with Crippen molar-refractivity contribution in [2.45, 2.75) is 11.2 Å². The first-order chi connectivity index (χ1) is 6.80. The first kappa shape index (κ1) is 10.1. The first-order valence-corrected chi connectivity index (χ1v) is 5.26. The summed E-state index contributed by atoms with van der Waals surface area (Å²) < 4.78 is 55.3. The molecule has 82 valence electrons. The molecule has 0 aromatic heterocycles. The van der Waals surface area contributed by atoms with Gasteiger partial charge in [-0.25, -0.2) is 13.6 Å². The third-order valence-corrected chi connectivity index (χ3v) is 2.63. The number of nitrogens with two attached hydrogens (primary N) is 1. The first-order valence-electron chi connectivity index (χ1n) is 3.71.